The van der Waals surface area contributed by atoms with Crippen molar-refractivity contribution >= 4 is 18.4 Å². The number of hydrogen-bond acceptors (Lipinski definition) is 2. The Balaban J connectivity index is 2.44. The third-order valence-electron chi connectivity index (χ3n) is 2.80. The van der Waals surface area contributed by atoms with Gasteiger partial charge in [0, 0.05) is 24.8 Å². The molecule has 0 saturated carbocycles. The van der Waals surface area contributed by atoms with Crippen LogP contribution in [0.15, 0.2) is 49.1 Å². The molecule has 2 heterocycles. The molecule has 15 heavy (non-hydrogen) atoms. The van der Waals surface area contributed by atoms with Crippen LogP contribution in [0.3, 0.4) is 0 Å². The average Bonchev–Trinajstić information content (AvgIpc) is 2.31. The van der Waals surface area contributed by atoms with Crippen LogP contribution in [0.4, 0.5) is 0 Å². The standard InChI is InChI=1S/C12H14N2Si/c1-15(2,11-3-7-13-8-4-11)12-5-9-14-10-6-12/h3-10H,1-2H3. The van der Waals surface area contributed by atoms with E-state index in [1.165, 1.54) is 10.4 Å². The van der Waals surface area contributed by atoms with E-state index in [2.05, 4.69) is 47.3 Å². The van der Waals surface area contributed by atoms with E-state index in [9.17, 15) is 0 Å². The second-order valence-corrected chi connectivity index (χ2v) is 8.50. The third kappa shape index (κ3) is 1.97. The summed E-state index contributed by atoms with van der Waals surface area (Å²) in [6.07, 6.45) is 7.47. The van der Waals surface area contributed by atoms with Crippen LogP contribution in [-0.2, 0) is 0 Å². The molecule has 3 heteroatoms. The number of hydrogen-bond donors (Lipinski definition) is 0. The number of rotatable bonds is 2. The first-order chi connectivity index (χ1) is 7.21. The molecule has 2 nitrogen and oxygen atoms in total. The summed E-state index contributed by atoms with van der Waals surface area (Å²) in [4.78, 5) is 8.12. The highest BCUT2D eigenvalue weighted by Gasteiger charge is 2.25. The van der Waals surface area contributed by atoms with Gasteiger partial charge in [-0.1, -0.05) is 23.5 Å². The van der Waals surface area contributed by atoms with Gasteiger partial charge in [-0.05, 0) is 24.3 Å². The summed E-state index contributed by atoms with van der Waals surface area (Å²) >= 11 is 0. The van der Waals surface area contributed by atoms with E-state index >= 15 is 0 Å². The molecular formula is C12H14N2Si. The van der Waals surface area contributed by atoms with Gasteiger partial charge in [-0.15, -0.1) is 0 Å². The maximum Gasteiger partial charge on any atom is 0.112 e. The summed E-state index contributed by atoms with van der Waals surface area (Å²) in [6.45, 7) is 4.69. The molecule has 0 radical (unpaired) electrons. The molecule has 0 aromatic carbocycles. The Morgan fingerprint density at radius 3 is 1.40 bits per heavy atom. The number of aromatic nitrogens is 2. The summed E-state index contributed by atoms with van der Waals surface area (Å²) in [5, 5.41) is 2.81. The fourth-order valence-corrected chi connectivity index (χ4v) is 4.00. The van der Waals surface area contributed by atoms with E-state index in [0.29, 0.717) is 0 Å². The van der Waals surface area contributed by atoms with Crippen molar-refractivity contribution < 1.29 is 0 Å². The zero-order valence-electron chi connectivity index (χ0n) is 9.01. The van der Waals surface area contributed by atoms with Crippen molar-refractivity contribution in [1.29, 1.82) is 0 Å². The highest BCUT2D eigenvalue weighted by molar-refractivity contribution is 7.00. The first kappa shape index (κ1) is 10.0. The second-order valence-electron chi connectivity index (χ2n) is 4.10. The minimum absolute atomic E-state index is 1.41. The Hall–Kier alpha value is -1.48. The smallest absolute Gasteiger partial charge is 0.112 e. The molecule has 0 aliphatic rings. The molecule has 2 rings (SSSR count). The van der Waals surface area contributed by atoms with E-state index in [0.717, 1.165) is 0 Å². The summed E-state index contributed by atoms with van der Waals surface area (Å²) < 4.78 is 0. The molecule has 0 aliphatic heterocycles. The topological polar surface area (TPSA) is 25.8 Å². The van der Waals surface area contributed by atoms with E-state index in [1.807, 2.05) is 24.8 Å². The lowest BCUT2D eigenvalue weighted by molar-refractivity contribution is 1.33. The van der Waals surface area contributed by atoms with Gasteiger partial charge < -0.3 is 0 Å². The van der Waals surface area contributed by atoms with Gasteiger partial charge in [-0.2, -0.15) is 0 Å². The van der Waals surface area contributed by atoms with Crippen LogP contribution in [0.5, 0.6) is 0 Å². The monoisotopic (exact) mass is 214 g/mol. The molecule has 0 N–H and O–H groups in total. The molecule has 0 amide bonds. The second kappa shape index (κ2) is 3.94. The molecule has 0 aliphatic carbocycles. The van der Waals surface area contributed by atoms with Crippen LogP contribution in [0.25, 0.3) is 0 Å². The van der Waals surface area contributed by atoms with Crippen LogP contribution < -0.4 is 10.4 Å². The SMILES string of the molecule is C[Si](C)(c1ccncc1)c1ccncc1. The first-order valence-electron chi connectivity index (χ1n) is 5.02. The molecule has 0 unspecified atom stereocenters. The summed E-state index contributed by atoms with van der Waals surface area (Å²) in [5.41, 5.74) is 0. The van der Waals surface area contributed by atoms with Gasteiger partial charge in [-0.25, -0.2) is 0 Å². The molecule has 76 valence electrons. The minimum Gasteiger partial charge on any atom is -0.265 e. The minimum atomic E-state index is -1.54. The van der Waals surface area contributed by atoms with Gasteiger partial charge >= 0.3 is 0 Å². The normalized spacial score (nSPS) is 11.3. The third-order valence-corrected chi connectivity index (χ3v) is 6.36. The maximum atomic E-state index is 4.06. The van der Waals surface area contributed by atoms with Crippen molar-refractivity contribution in [2.24, 2.45) is 0 Å². The van der Waals surface area contributed by atoms with Gasteiger partial charge in [0.2, 0.25) is 0 Å². The summed E-state index contributed by atoms with van der Waals surface area (Å²) in [6, 6.07) is 8.47. The highest BCUT2D eigenvalue weighted by atomic mass is 28.3. The lowest BCUT2D eigenvalue weighted by Gasteiger charge is -2.22. The molecule has 0 spiro atoms. The molecule has 2 aromatic heterocycles. The summed E-state index contributed by atoms with van der Waals surface area (Å²) in [7, 11) is -1.54. The maximum absolute atomic E-state index is 4.06. The predicted octanol–water partition coefficient (Wildman–Crippen LogP) is 1.30. The Kier molecular flexibility index (Phi) is 2.64. The number of pyridine rings is 2. The average molecular weight is 214 g/mol. The van der Waals surface area contributed by atoms with Crippen LogP contribution in [-0.4, -0.2) is 18.0 Å². The van der Waals surface area contributed by atoms with Crippen molar-refractivity contribution in [3.63, 3.8) is 0 Å². The zero-order chi connectivity index (χ0) is 10.7. The van der Waals surface area contributed by atoms with E-state index < -0.39 is 8.07 Å². The van der Waals surface area contributed by atoms with Crippen LogP contribution in [0.2, 0.25) is 13.1 Å². The Morgan fingerprint density at radius 1 is 0.733 bits per heavy atom. The fourth-order valence-electron chi connectivity index (χ4n) is 1.70. The Morgan fingerprint density at radius 2 is 1.07 bits per heavy atom. The van der Waals surface area contributed by atoms with Crippen molar-refractivity contribution in [3.8, 4) is 0 Å². The quantitative estimate of drug-likeness (QED) is 0.704. The highest BCUT2D eigenvalue weighted by Crippen LogP contribution is 2.02. The van der Waals surface area contributed by atoms with Gasteiger partial charge in [0.15, 0.2) is 0 Å². The molecule has 0 bridgehead atoms. The lowest BCUT2D eigenvalue weighted by Crippen LogP contribution is -2.52. The zero-order valence-corrected chi connectivity index (χ0v) is 10.0. The van der Waals surface area contributed by atoms with Crippen LogP contribution >= 0.6 is 0 Å². The Labute approximate surface area is 91.0 Å². The molecule has 0 saturated heterocycles. The molecule has 0 fully saturated rings. The van der Waals surface area contributed by atoms with Crippen LogP contribution in [0.1, 0.15) is 0 Å². The largest absolute Gasteiger partial charge is 0.265 e. The summed E-state index contributed by atoms with van der Waals surface area (Å²) in [5.74, 6) is 0. The molecular weight excluding hydrogens is 200 g/mol. The van der Waals surface area contributed by atoms with Crippen molar-refractivity contribution in [3.05, 3.63) is 49.1 Å². The fraction of sp³-hybridized carbons (Fsp3) is 0.167. The van der Waals surface area contributed by atoms with Gasteiger partial charge in [0.1, 0.15) is 8.07 Å². The first-order valence-corrected chi connectivity index (χ1v) is 8.02. The van der Waals surface area contributed by atoms with E-state index in [-0.39, 0.29) is 0 Å². The molecule has 2 aromatic rings. The van der Waals surface area contributed by atoms with Crippen molar-refractivity contribution in [2.45, 2.75) is 13.1 Å². The van der Waals surface area contributed by atoms with Gasteiger partial charge in [-0.3, -0.25) is 9.97 Å². The number of nitrogens with zero attached hydrogens (tertiary/aromatic N) is 2. The van der Waals surface area contributed by atoms with E-state index in [1.54, 1.807) is 0 Å². The van der Waals surface area contributed by atoms with Gasteiger partial charge in [0.05, 0.1) is 0 Å². The predicted molar refractivity (Wildman–Crippen MR) is 65.2 cm³/mol. The van der Waals surface area contributed by atoms with Crippen molar-refractivity contribution in [1.82, 2.24) is 9.97 Å². The molecule has 0 atom stereocenters. The van der Waals surface area contributed by atoms with Crippen LogP contribution in [0, 0.1) is 0 Å². The van der Waals surface area contributed by atoms with Crippen molar-refractivity contribution in [2.75, 3.05) is 0 Å². The lowest BCUT2D eigenvalue weighted by atomic mass is 10.5. The van der Waals surface area contributed by atoms with Gasteiger partial charge in [0.25, 0.3) is 0 Å². The van der Waals surface area contributed by atoms with E-state index in [4.69, 9.17) is 0 Å². The Bertz CT molecular complexity index is 384.